The Morgan fingerprint density at radius 3 is 2.04 bits per heavy atom. The molecule has 0 heterocycles. The van der Waals surface area contributed by atoms with Gasteiger partial charge >= 0.3 is 6.18 Å². The Balaban J connectivity index is 2.81. The van der Waals surface area contributed by atoms with Crippen molar-refractivity contribution in [2.24, 2.45) is 5.41 Å². The maximum Gasteiger partial charge on any atom is 0.406 e. The number of benzene rings is 1. The zero-order valence-corrected chi connectivity index (χ0v) is 14.3. The summed E-state index contributed by atoms with van der Waals surface area (Å²) in [6.45, 7) is 7.37. The maximum atomic E-state index is 12.7. The first-order valence-electron chi connectivity index (χ1n) is 7.42. The van der Waals surface area contributed by atoms with Gasteiger partial charge in [0.15, 0.2) is 6.61 Å². The van der Waals surface area contributed by atoms with Crippen LogP contribution < -0.4 is 4.74 Å². The number of hydrogen-bond acceptors (Lipinski definition) is 2. The van der Waals surface area contributed by atoms with Gasteiger partial charge < -0.3 is 9.64 Å². The molecule has 0 radical (unpaired) electrons. The van der Waals surface area contributed by atoms with Gasteiger partial charge in [-0.1, -0.05) is 39.0 Å². The summed E-state index contributed by atoms with van der Waals surface area (Å²) in [4.78, 5) is 13.0. The first-order chi connectivity index (χ1) is 10.4. The first-order valence-corrected chi connectivity index (χ1v) is 7.42. The van der Waals surface area contributed by atoms with E-state index in [1.54, 1.807) is 20.8 Å². The Labute approximate surface area is 135 Å². The van der Waals surface area contributed by atoms with Crippen LogP contribution in [0.4, 0.5) is 13.2 Å². The van der Waals surface area contributed by atoms with Crippen molar-refractivity contribution in [1.29, 1.82) is 0 Å². The van der Waals surface area contributed by atoms with Gasteiger partial charge in [0.1, 0.15) is 12.3 Å². The molecule has 0 aliphatic rings. The van der Waals surface area contributed by atoms with Gasteiger partial charge in [0, 0.05) is 6.54 Å². The van der Waals surface area contributed by atoms with E-state index in [0.717, 1.165) is 16.0 Å². The lowest BCUT2D eigenvalue weighted by Crippen LogP contribution is -2.45. The fraction of sp³-hybridized carbons (Fsp3) is 0.588. The molecule has 1 amide bonds. The molecule has 0 aliphatic carbocycles. The van der Waals surface area contributed by atoms with E-state index in [9.17, 15) is 18.0 Å². The number of aryl methyl sites for hydroxylation is 2. The molecule has 1 rings (SSSR count). The molecule has 0 unspecified atom stereocenters. The minimum absolute atomic E-state index is 0.0153. The maximum absolute atomic E-state index is 12.7. The van der Waals surface area contributed by atoms with E-state index in [0.29, 0.717) is 5.75 Å². The smallest absolute Gasteiger partial charge is 0.406 e. The summed E-state index contributed by atoms with van der Waals surface area (Å²) in [5.41, 5.74) is 1.26. The summed E-state index contributed by atoms with van der Waals surface area (Å²) in [6.07, 6.45) is -4.43. The number of carbonyl (C=O) groups is 1. The Hall–Kier alpha value is -1.72. The van der Waals surface area contributed by atoms with Crippen molar-refractivity contribution in [1.82, 2.24) is 4.90 Å². The Kier molecular flexibility index (Phi) is 6.08. The number of para-hydroxylation sites is 1. The highest BCUT2D eigenvalue weighted by molar-refractivity contribution is 5.78. The van der Waals surface area contributed by atoms with Crippen LogP contribution in [0.2, 0.25) is 0 Å². The van der Waals surface area contributed by atoms with Gasteiger partial charge in [-0.3, -0.25) is 4.79 Å². The van der Waals surface area contributed by atoms with Gasteiger partial charge in [0.05, 0.1) is 0 Å². The summed E-state index contributed by atoms with van der Waals surface area (Å²) in [5, 5.41) is 0. The summed E-state index contributed by atoms with van der Waals surface area (Å²) < 4.78 is 43.6. The topological polar surface area (TPSA) is 29.5 Å². The second-order valence-corrected chi connectivity index (χ2v) is 6.94. The van der Waals surface area contributed by atoms with Gasteiger partial charge in [-0.15, -0.1) is 0 Å². The molecular formula is C17H24F3NO2. The van der Waals surface area contributed by atoms with E-state index in [2.05, 4.69) is 0 Å². The van der Waals surface area contributed by atoms with Gasteiger partial charge in [0.2, 0.25) is 0 Å². The molecule has 0 bridgehead atoms. The second kappa shape index (κ2) is 7.23. The molecule has 130 valence electrons. The van der Waals surface area contributed by atoms with Crippen molar-refractivity contribution in [3.05, 3.63) is 29.3 Å². The molecular weight excluding hydrogens is 307 g/mol. The van der Waals surface area contributed by atoms with Crippen LogP contribution in [0.25, 0.3) is 0 Å². The van der Waals surface area contributed by atoms with Crippen LogP contribution in [0.3, 0.4) is 0 Å². The summed E-state index contributed by atoms with van der Waals surface area (Å²) in [7, 11) is 0. The molecule has 0 aliphatic heterocycles. The van der Waals surface area contributed by atoms with Gasteiger partial charge in [-0.05, 0) is 30.4 Å². The number of hydrogen-bond donors (Lipinski definition) is 0. The highest BCUT2D eigenvalue weighted by atomic mass is 19.4. The van der Waals surface area contributed by atoms with Gasteiger partial charge in [-0.2, -0.15) is 13.2 Å². The molecule has 0 aromatic heterocycles. The predicted octanol–water partition coefficient (Wildman–Crippen LogP) is 4.12. The monoisotopic (exact) mass is 331 g/mol. The zero-order chi connectivity index (χ0) is 17.8. The number of nitrogens with zero attached hydrogens (tertiary/aromatic N) is 1. The van der Waals surface area contributed by atoms with Gasteiger partial charge in [0.25, 0.3) is 5.91 Å². The molecule has 0 saturated carbocycles. The molecule has 0 atom stereocenters. The minimum Gasteiger partial charge on any atom is -0.483 e. The van der Waals surface area contributed by atoms with Crippen molar-refractivity contribution >= 4 is 5.91 Å². The van der Waals surface area contributed by atoms with E-state index in [4.69, 9.17) is 4.74 Å². The fourth-order valence-electron chi connectivity index (χ4n) is 2.27. The number of rotatable bonds is 5. The van der Waals surface area contributed by atoms with Crippen LogP contribution in [0.15, 0.2) is 18.2 Å². The van der Waals surface area contributed by atoms with Crippen LogP contribution in [-0.4, -0.2) is 36.7 Å². The van der Waals surface area contributed by atoms with Gasteiger partial charge in [-0.25, -0.2) is 0 Å². The third kappa shape index (κ3) is 6.93. The highest BCUT2D eigenvalue weighted by Gasteiger charge is 2.34. The minimum atomic E-state index is -4.43. The highest BCUT2D eigenvalue weighted by Crippen LogP contribution is 2.24. The number of amides is 1. The van der Waals surface area contributed by atoms with E-state index in [1.807, 2.05) is 32.0 Å². The molecule has 0 spiro atoms. The van der Waals surface area contributed by atoms with Crippen molar-refractivity contribution < 1.29 is 22.7 Å². The van der Waals surface area contributed by atoms with Crippen LogP contribution in [0, 0.1) is 19.3 Å². The first kappa shape index (κ1) is 19.3. The predicted molar refractivity (Wildman–Crippen MR) is 83.5 cm³/mol. The van der Waals surface area contributed by atoms with E-state index < -0.39 is 30.7 Å². The lowest BCUT2D eigenvalue weighted by molar-refractivity contribution is -0.164. The quantitative estimate of drug-likeness (QED) is 0.812. The lowest BCUT2D eigenvalue weighted by Gasteiger charge is -2.30. The standard InChI is InChI=1S/C17H24F3NO2/c1-12-7-6-8-13(2)15(12)23-9-14(22)21(10-16(3,4)5)11-17(18,19)20/h6-8H,9-11H2,1-5H3. The Morgan fingerprint density at radius 1 is 1.09 bits per heavy atom. The Morgan fingerprint density at radius 2 is 1.61 bits per heavy atom. The third-order valence-electron chi connectivity index (χ3n) is 3.14. The number of ether oxygens (including phenoxy) is 1. The lowest BCUT2D eigenvalue weighted by atomic mass is 9.96. The zero-order valence-electron chi connectivity index (χ0n) is 14.3. The molecule has 1 aromatic carbocycles. The molecule has 0 fully saturated rings. The third-order valence-corrected chi connectivity index (χ3v) is 3.14. The largest absolute Gasteiger partial charge is 0.483 e. The van der Waals surface area contributed by atoms with Crippen LogP contribution >= 0.6 is 0 Å². The SMILES string of the molecule is Cc1cccc(C)c1OCC(=O)N(CC(C)(C)C)CC(F)(F)F. The van der Waals surface area contributed by atoms with Crippen molar-refractivity contribution in [3.63, 3.8) is 0 Å². The van der Waals surface area contributed by atoms with E-state index >= 15 is 0 Å². The second-order valence-electron chi connectivity index (χ2n) is 6.94. The normalized spacial score (nSPS) is 12.2. The molecule has 0 N–H and O–H groups in total. The summed E-state index contributed by atoms with van der Waals surface area (Å²) in [6, 6.07) is 5.51. The van der Waals surface area contributed by atoms with Crippen molar-refractivity contribution in [3.8, 4) is 5.75 Å². The summed E-state index contributed by atoms with van der Waals surface area (Å²) >= 11 is 0. The van der Waals surface area contributed by atoms with Crippen LogP contribution in [0.5, 0.6) is 5.75 Å². The fourth-order valence-corrected chi connectivity index (χ4v) is 2.27. The van der Waals surface area contributed by atoms with Crippen molar-refractivity contribution in [2.75, 3.05) is 19.7 Å². The molecule has 6 heteroatoms. The molecule has 3 nitrogen and oxygen atoms in total. The van der Waals surface area contributed by atoms with E-state index in [1.165, 1.54) is 0 Å². The van der Waals surface area contributed by atoms with E-state index in [-0.39, 0.29) is 6.54 Å². The average Bonchev–Trinajstić information content (AvgIpc) is 2.33. The average molecular weight is 331 g/mol. The summed E-state index contributed by atoms with van der Waals surface area (Å²) in [5.74, 6) is -0.122. The molecule has 23 heavy (non-hydrogen) atoms. The number of carbonyl (C=O) groups excluding carboxylic acids is 1. The van der Waals surface area contributed by atoms with Crippen LogP contribution in [-0.2, 0) is 4.79 Å². The number of halogens is 3. The number of alkyl halides is 3. The van der Waals surface area contributed by atoms with Crippen molar-refractivity contribution in [2.45, 2.75) is 40.8 Å². The molecule has 0 saturated heterocycles. The molecule has 1 aromatic rings. The Bertz CT molecular complexity index is 511. The van der Waals surface area contributed by atoms with Crippen LogP contribution in [0.1, 0.15) is 31.9 Å².